The van der Waals surface area contributed by atoms with Crippen molar-refractivity contribution in [3.63, 3.8) is 0 Å². The molecule has 0 amide bonds. The Labute approximate surface area is 81.7 Å². The van der Waals surface area contributed by atoms with Gasteiger partial charge in [0.15, 0.2) is 0 Å². The van der Waals surface area contributed by atoms with Gasteiger partial charge in [0.2, 0.25) is 0 Å². The quantitative estimate of drug-likeness (QED) is 0.640. The van der Waals surface area contributed by atoms with Crippen LogP contribution in [0.5, 0.6) is 0 Å². The maximum atomic E-state index is 11.0. The van der Waals surface area contributed by atoms with Crippen molar-refractivity contribution in [2.75, 3.05) is 0 Å². The van der Waals surface area contributed by atoms with Crippen LogP contribution in [-0.4, -0.2) is 27.9 Å². The fourth-order valence-corrected chi connectivity index (χ4v) is 1.15. The number of rotatable bonds is 7. The van der Waals surface area contributed by atoms with Crippen molar-refractivity contribution < 1.29 is 24.6 Å². The van der Waals surface area contributed by atoms with Crippen LogP contribution >= 0.6 is 0 Å². The van der Waals surface area contributed by atoms with Crippen LogP contribution in [0.25, 0.3) is 0 Å². The number of Topliss-reactive ketones (excluding diaryl/α,β-unsaturated/α-hetero) is 1. The summed E-state index contributed by atoms with van der Waals surface area (Å²) in [5, 5.41) is 16.8. The zero-order chi connectivity index (χ0) is 11.1. The Kier molecular flexibility index (Phi) is 5.52. The van der Waals surface area contributed by atoms with Gasteiger partial charge in [-0.2, -0.15) is 0 Å². The summed E-state index contributed by atoms with van der Waals surface area (Å²) in [7, 11) is 0. The van der Waals surface area contributed by atoms with Gasteiger partial charge < -0.3 is 10.2 Å². The molecule has 0 atom stereocenters. The van der Waals surface area contributed by atoms with Crippen molar-refractivity contribution in [3.8, 4) is 0 Å². The van der Waals surface area contributed by atoms with Gasteiger partial charge in [-0.1, -0.05) is 0 Å². The lowest BCUT2D eigenvalue weighted by atomic mass is 9.94. The van der Waals surface area contributed by atoms with Crippen LogP contribution in [-0.2, 0) is 14.4 Å². The molecule has 0 aliphatic rings. The monoisotopic (exact) mass is 202 g/mol. The summed E-state index contributed by atoms with van der Waals surface area (Å²) in [6.45, 7) is 1.36. The number of ketones is 1. The minimum Gasteiger partial charge on any atom is -0.481 e. The lowest BCUT2D eigenvalue weighted by molar-refractivity contribution is -0.137. The topological polar surface area (TPSA) is 91.7 Å². The molecule has 0 bridgehead atoms. The molecule has 0 radical (unpaired) electrons. The van der Waals surface area contributed by atoms with Gasteiger partial charge in [0.05, 0.1) is 0 Å². The predicted molar refractivity (Wildman–Crippen MR) is 47.9 cm³/mol. The second-order valence-corrected chi connectivity index (χ2v) is 3.17. The van der Waals surface area contributed by atoms with E-state index in [9.17, 15) is 14.4 Å². The first-order valence-electron chi connectivity index (χ1n) is 4.37. The molecule has 0 heterocycles. The first-order chi connectivity index (χ1) is 6.43. The third kappa shape index (κ3) is 6.16. The van der Waals surface area contributed by atoms with Crippen LogP contribution < -0.4 is 0 Å². The molecule has 0 unspecified atom stereocenters. The molecule has 0 fully saturated rings. The van der Waals surface area contributed by atoms with Gasteiger partial charge in [-0.3, -0.25) is 14.4 Å². The Balaban J connectivity index is 3.96. The molecule has 80 valence electrons. The number of aliphatic carboxylic acids is 2. The highest BCUT2D eigenvalue weighted by molar-refractivity contribution is 5.79. The molecular formula is C9H14O5. The smallest absolute Gasteiger partial charge is 0.303 e. The summed E-state index contributed by atoms with van der Waals surface area (Å²) < 4.78 is 0. The van der Waals surface area contributed by atoms with E-state index in [4.69, 9.17) is 10.2 Å². The van der Waals surface area contributed by atoms with Crippen molar-refractivity contribution in [2.45, 2.75) is 32.6 Å². The number of carbonyl (C=O) groups is 3. The summed E-state index contributed by atoms with van der Waals surface area (Å²) in [6.07, 6.45) is 0.254. The molecule has 0 aromatic carbocycles. The van der Waals surface area contributed by atoms with Crippen molar-refractivity contribution in [1.29, 1.82) is 0 Å². The second kappa shape index (κ2) is 6.12. The van der Waals surface area contributed by atoms with Gasteiger partial charge in [-0.25, -0.2) is 0 Å². The average Bonchev–Trinajstić information content (AvgIpc) is 2.02. The largest absolute Gasteiger partial charge is 0.481 e. The molecule has 0 spiro atoms. The Morgan fingerprint density at radius 1 is 1.00 bits per heavy atom. The van der Waals surface area contributed by atoms with Gasteiger partial charge in [0.1, 0.15) is 5.78 Å². The van der Waals surface area contributed by atoms with Crippen LogP contribution in [0.4, 0.5) is 0 Å². The number of carboxylic acids is 2. The van der Waals surface area contributed by atoms with E-state index in [2.05, 4.69) is 0 Å². The highest BCUT2D eigenvalue weighted by atomic mass is 16.4. The lowest BCUT2D eigenvalue weighted by Gasteiger charge is -2.10. The Morgan fingerprint density at radius 2 is 1.36 bits per heavy atom. The molecule has 0 aliphatic carbocycles. The normalized spacial score (nSPS) is 10.1. The summed E-state index contributed by atoms with van der Waals surface area (Å²) in [5.41, 5.74) is 0. The summed E-state index contributed by atoms with van der Waals surface area (Å²) >= 11 is 0. The molecule has 0 aliphatic heterocycles. The standard InChI is InChI=1S/C9H14O5/c1-6(10)7(2-4-8(11)12)3-5-9(13)14/h7H,2-5H2,1H3,(H,11,12)(H,13,14). The Hall–Kier alpha value is -1.39. The zero-order valence-electron chi connectivity index (χ0n) is 8.02. The highest BCUT2D eigenvalue weighted by Gasteiger charge is 2.16. The van der Waals surface area contributed by atoms with Crippen molar-refractivity contribution in [1.82, 2.24) is 0 Å². The molecule has 5 nitrogen and oxygen atoms in total. The molecular weight excluding hydrogens is 188 g/mol. The van der Waals surface area contributed by atoms with E-state index in [1.54, 1.807) is 0 Å². The van der Waals surface area contributed by atoms with Crippen LogP contribution in [0.3, 0.4) is 0 Å². The van der Waals surface area contributed by atoms with E-state index in [1.807, 2.05) is 0 Å². The third-order valence-corrected chi connectivity index (χ3v) is 1.99. The van der Waals surface area contributed by atoms with Crippen LogP contribution in [0, 0.1) is 5.92 Å². The number of carboxylic acid groups (broad SMARTS) is 2. The maximum absolute atomic E-state index is 11.0. The third-order valence-electron chi connectivity index (χ3n) is 1.99. The van der Waals surface area contributed by atoms with E-state index in [0.29, 0.717) is 0 Å². The first kappa shape index (κ1) is 12.6. The molecule has 0 saturated heterocycles. The van der Waals surface area contributed by atoms with Gasteiger partial charge in [-0.05, 0) is 19.8 Å². The molecule has 2 N–H and O–H groups in total. The van der Waals surface area contributed by atoms with E-state index in [1.165, 1.54) is 6.92 Å². The zero-order valence-corrected chi connectivity index (χ0v) is 8.02. The van der Waals surface area contributed by atoms with Crippen molar-refractivity contribution in [3.05, 3.63) is 0 Å². The van der Waals surface area contributed by atoms with E-state index < -0.39 is 17.9 Å². The lowest BCUT2D eigenvalue weighted by Crippen LogP contribution is -2.14. The molecule has 0 aromatic heterocycles. The summed E-state index contributed by atoms with van der Waals surface area (Å²) in [4.78, 5) is 31.5. The van der Waals surface area contributed by atoms with Gasteiger partial charge >= 0.3 is 11.9 Å². The summed E-state index contributed by atoms with van der Waals surface area (Å²) in [6, 6.07) is 0. The van der Waals surface area contributed by atoms with Gasteiger partial charge in [0, 0.05) is 18.8 Å². The molecule has 0 saturated carbocycles. The minimum atomic E-state index is -0.966. The van der Waals surface area contributed by atoms with Gasteiger partial charge in [0.25, 0.3) is 0 Å². The van der Waals surface area contributed by atoms with E-state index in [0.717, 1.165) is 0 Å². The SMILES string of the molecule is CC(=O)C(CCC(=O)O)CCC(=O)O. The average molecular weight is 202 g/mol. The van der Waals surface area contributed by atoms with Gasteiger partial charge in [-0.15, -0.1) is 0 Å². The van der Waals surface area contributed by atoms with E-state index in [-0.39, 0.29) is 31.5 Å². The number of carbonyl (C=O) groups excluding carboxylic acids is 1. The Bertz CT molecular complexity index is 215. The van der Waals surface area contributed by atoms with E-state index >= 15 is 0 Å². The highest BCUT2D eigenvalue weighted by Crippen LogP contribution is 2.14. The predicted octanol–water partition coefficient (Wildman–Crippen LogP) is 0.921. The molecule has 5 heteroatoms. The van der Waals surface area contributed by atoms with Crippen molar-refractivity contribution in [2.24, 2.45) is 5.92 Å². The van der Waals surface area contributed by atoms with Crippen molar-refractivity contribution >= 4 is 17.7 Å². The summed E-state index contributed by atoms with van der Waals surface area (Å²) in [5.74, 6) is -2.52. The fourth-order valence-electron chi connectivity index (χ4n) is 1.15. The van der Waals surface area contributed by atoms with Crippen LogP contribution in [0.2, 0.25) is 0 Å². The molecule has 14 heavy (non-hydrogen) atoms. The fraction of sp³-hybridized carbons (Fsp3) is 0.667. The molecule has 0 rings (SSSR count). The number of hydrogen-bond donors (Lipinski definition) is 2. The minimum absolute atomic E-state index is 0.0934. The maximum Gasteiger partial charge on any atom is 0.303 e. The first-order valence-corrected chi connectivity index (χ1v) is 4.37. The van der Waals surface area contributed by atoms with Crippen LogP contribution in [0.15, 0.2) is 0 Å². The van der Waals surface area contributed by atoms with Crippen LogP contribution in [0.1, 0.15) is 32.6 Å². The number of hydrogen-bond acceptors (Lipinski definition) is 3. The Morgan fingerprint density at radius 3 is 1.57 bits per heavy atom. The second-order valence-electron chi connectivity index (χ2n) is 3.17. The molecule has 0 aromatic rings.